The average Bonchev–Trinajstić information content (AvgIpc) is 2.43. The van der Waals surface area contributed by atoms with E-state index in [1.54, 1.807) is 13.3 Å². The van der Waals surface area contributed by atoms with Crippen LogP contribution in [0.4, 0.5) is 5.82 Å². The minimum Gasteiger partial charge on any atom is -0.497 e. The predicted molar refractivity (Wildman–Crippen MR) is 77.0 cm³/mol. The van der Waals surface area contributed by atoms with Crippen molar-refractivity contribution < 1.29 is 4.74 Å². The molecule has 2 rings (SSSR count). The maximum Gasteiger partial charge on any atom is 0.224 e. The van der Waals surface area contributed by atoms with Gasteiger partial charge in [-0.25, -0.2) is 9.97 Å². The zero-order valence-electron chi connectivity index (χ0n) is 11.0. The van der Waals surface area contributed by atoms with E-state index in [1.807, 2.05) is 25.1 Å². The van der Waals surface area contributed by atoms with Gasteiger partial charge in [-0.15, -0.1) is 0 Å². The van der Waals surface area contributed by atoms with E-state index < -0.39 is 0 Å². The summed E-state index contributed by atoms with van der Waals surface area (Å²) in [5.74, 6) is 1.65. The summed E-state index contributed by atoms with van der Waals surface area (Å²) in [6.45, 7) is 2.73. The van der Waals surface area contributed by atoms with E-state index in [1.165, 1.54) is 5.56 Å². The first-order valence-corrected chi connectivity index (χ1v) is 6.43. The minimum atomic E-state index is 0.259. The summed E-state index contributed by atoms with van der Waals surface area (Å²) in [6, 6.07) is 8.03. The van der Waals surface area contributed by atoms with Gasteiger partial charge in [-0.1, -0.05) is 12.1 Å². The molecule has 0 aliphatic rings. The monoisotopic (exact) mass is 277 g/mol. The average molecular weight is 278 g/mol. The Morgan fingerprint density at radius 2 is 2.21 bits per heavy atom. The Balaban J connectivity index is 1.94. The van der Waals surface area contributed by atoms with Crippen molar-refractivity contribution in [1.82, 2.24) is 9.97 Å². The molecule has 2 aromatic rings. The number of aromatic nitrogens is 2. The molecule has 1 aromatic carbocycles. The highest BCUT2D eigenvalue weighted by Gasteiger charge is 2.02. The summed E-state index contributed by atoms with van der Waals surface area (Å²) in [5, 5.41) is 3.52. The van der Waals surface area contributed by atoms with Crippen molar-refractivity contribution in [2.24, 2.45) is 0 Å². The highest BCUT2D eigenvalue weighted by molar-refractivity contribution is 6.28. The zero-order chi connectivity index (χ0) is 13.7. The molecule has 0 saturated heterocycles. The van der Waals surface area contributed by atoms with Crippen molar-refractivity contribution in [3.8, 4) is 5.75 Å². The van der Waals surface area contributed by atoms with E-state index in [-0.39, 0.29) is 5.28 Å². The van der Waals surface area contributed by atoms with E-state index >= 15 is 0 Å². The molecule has 0 aliphatic heterocycles. The molecule has 0 amide bonds. The minimum absolute atomic E-state index is 0.259. The molecule has 4 nitrogen and oxygen atoms in total. The maximum atomic E-state index is 5.77. The van der Waals surface area contributed by atoms with E-state index in [4.69, 9.17) is 16.3 Å². The molecule has 19 heavy (non-hydrogen) atoms. The quantitative estimate of drug-likeness (QED) is 0.853. The van der Waals surface area contributed by atoms with Crippen LogP contribution in [-0.2, 0) is 6.42 Å². The van der Waals surface area contributed by atoms with Crippen LogP contribution in [0.5, 0.6) is 5.75 Å². The standard InChI is InChI=1S/C14H16ClN3O/c1-10-9-17-14(15)18-13(10)16-7-6-11-4-3-5-12(8-11)19-2/h3-5,8-9H,6-7H2,1-2H3,(H,16,17,18). The molecule has 1 N–H and O–H groups in total. The number of methoxy groups -OCH3 is 1. The normalized spacial score (nSPS) is 10.3. The lowest BCUT2D eigenvalue weighted by Crippen LogP contribution is -2.08. The number of halogens is 1. The van der Waals surface area contributed by atoms with Crippen LogP contribution in [0.2, 0.25) is 5.28 Å². The lowest BCUT2D eigenvalue weighted by molar-refractivity contribution is 0.414. The van der Waals surface area contributed by atoms with Crippen LogP contribution >= 0.6 is 11.6 Å². The molecule has 0 spiro atoms. The Hall–Kier alpha value is -1.81. The fourth-order valence-corrected chi connectivity index (χ4v) is 1.89. The van der Waals surface area contributed by atoms with Gasteiger partial charge in [0.25, 0.3) is 0 Å². The number of ether oxygens (including phenoxy) is 1. The van der Waals surface area contributed by atoms with Gasteiger partial charge in [0.1, 0.15) is 11.6 Å². The number of anilines is 1. The summed E-state index contributed by atoms with van der Waals surface area (Å²) >= 11 is 5.77. The van der Waals surface area contributed by atoms with E-state index in [9.17, 15) is 0 Å². The molecule has 0 unspecified atom stereocenters. The van der Waals surface area contributed by atoms with Gasteiger partial charge < -0.3 is 10.1 Å². The highest BCUT2D eigenvalue weighted by Crippen LogP contribution is 2.15. The topological polar surface area (TPSA) is 47.0 Å². The molecule has 0 fully saturated rings. The number of nitrogens with one attached hydrogen (secondary N) is 1. The van der Waals surface area contributed by atoms with Crippen LogP contribution in [0.3, 0.4) is 0 Å². The van der Waals surface area contributed by atoms with Gasteiger partial charge in [0.05, 0.1) is 7.11 Å². The third-order valence-electron chi connectivity index (χ3n) is 2.78. The molecular weight excluding hydrogens is 262 g/mol. The fraction of sp³-hybridized carbons (Fsp3) is 0.286. The van der Waals surface area contributed by atoms with Crippen LogP contribution < -0.4 is 10.1 Å². The summed E-state index contributed by atoms with van der Waals surface area (Å²) in [5.41, 5.74) is 2.19. The zero-order valence-corrected chi connectivity index (χ0v) is 11.7. The number of aryl methyl sites for hydroxylation is 1. The van der Waals surface area contributed by atoms with Crippen molar-refractivity contribution in [2.45, 2.75) is 13.3 Å². The first-order chi connectivity index (χ1) is 9.19. The SMILES string of the molecule is COc1cccc(CCNc2nc(Cl)ncc2C)c1. The van der Waals surface area contributed by atoms with E-state index in [2.05, 4.69) is 21.4 Å². The summed E-state index contributed by atoms with van der Waals surface area (Å²) in [7, 11) is 1.67. The number of rotatable bonds is 5. The van der Waals surface area contributed by atoms with Gasteiger partial charge in [0, 0.05) is 18.3 Å². The molecular formula is C14H16ClN3O. The fourth-order valence-electron chi connectivity index (χ4n) is 1.75. The number of benzene rings is 1. The summed E-state index contributed by atoms with van der Waals surface area (Å²) < 4.78 is 5.20. The molecule has 0 bridgehead atoms. The lowest BCUT2D eigenvalue weighted by atomic mass is 10.1. The van der Waals surface area contributed by atoms with Crippen molar-refractivity contribution in [1.29, 1.82) is 0 Å². The van der Waals surface area contributed by atoms with Crippen LogP contribution in [0.1, 0.15) is 11.1 Å². The molecule has 0 saturated carbocycles. The summed E-state index contributed by atoms with van der Waals surface area (Å²) in [6.07, 6.45) is 2.60. The largest absolute Gasteiger partial charge is 0.497 e. The van der Waals surface area contributed by atoms with Crippen LogP contribution in [0.15, 0.2) is 30.5 Å². The second-order valence-corrected chi connectivity index (χ2v) is 4.54. The van der Waals surface area contributed by atoms with E-state index in [0.29, 0.717) is 0 Å². The van der Waals surface area contributed by atoms with Gasteiger partial charge in [-0.2, -0.15) is 0 Å². The Bertz CT molecular complexity index is 560. The number of hydrogen-bond acceptors (Lipinski definition) is 4. The third-order valence-corrected chi connectivity index (χ3v) is 2.96. The van der Waals surface area contributed by atoms with Crippen LogP contribution in [-0.4, -0.2) is 23.6 Å². The van der Waals surface area contributed by atoms with Gasteiger partial charge in [0.15, 0.2) is 0 Å². The van der Waals surface area contributed by atoms with Crippen LogP contribution in [0.25, 0.3) is 0 Å². The molecule has 0 aliphatic carbocycles. The van der Waals surface area contributed by atoms with Crippen molar-refractivity contribution >= 4 is 17.4 Å². The first-order valence-electron chi connectivity index (χ1n) is 6.05. The molecule has 1 heterocycles. The highest BCUT2D eigenvalue weighted by atomic mass is 35.5. The van der Waals surface area contributed by atoms with E-state index in [0.717, 1.165) is 30.1 Å². The molecule has 5 heteroatoms. The van der Waals surface area contributed by atoms with Gasteiger partial charge in [0.2, 0.25) is 5.28 Å². The Labute approximate surface area is 117 Å². The van der Waals surface area contributed by atoms with Gasteiger partial charge in [-0.3, -0.25) is 0 Å². The second-order valence-electron chi connectivity index (χ2n) is 4.20. The van der Waals surface area contributed by atoms with Crippen LogP contribution in [0, 0.1) is 6.92 Å². The van der Waals surface area contributed by atoms with Crippen molar-refractivity contribution in [2.75, 3.05) is 19.0 Å². The van der Waals surface area contributed by atoms with Gasteiger partial charge >= 0.3 is 0 Å². The Morgan fingerprint density at radius 1 is 1.37 bits per heavy atom. The second kappa shape index (κ2) is 6.38. The van der Waals surface area contributed by atoms with Crippen molar-refractivity contribution in [3.63, 3.8) is 0 Å². The molecule has 0 radical (unpaired) electrons. The predicted octanol–water partition coefficient (Wildman–Crippen LogP) is 3.10. The Morgan fingerprint density at radius 3 is 3.00 bits per heavy atom. The number of nitrogens with zero attached hydrogens (tertiary/aromatic N) is 2. The first kappa shape index (κ1) is 13.6. The smallest absolute Gasteiger partial charge is 0.224 e. The lowest BCUT2D eigenvalue weighted by Gasteiger charge is -2.09. The molecule has 100 valence electrons. The maximum absolute atomic E-state index is 5.77. The van der Waals surface area contributed by atoms with Gasteiger partial charge in [-0.05, 0) is 42.6 Å². The third kappa shape index (κ3) is 3.83. The number of hydrogen-bond donors (Lipinski definition) is 1. The molecule has 0 atom stereocenters. The van der Waals surface area contributed by atoms with Crippen molar-refractivity contribution in [3.05, 3.63) is 46.9 Å². The molecule has 1 aromatic heterocycles. The Kier molecular flexibility index (Phi) is 4.58. The summed E-state index contributed by atoms with van der Waals surface area (Å²) in [4.78, 5) is 8.08.